The van der Waals surface area contributed by atoms with E-state index in [-0.39, 0.29) is 23.8 Å². The van der Waals surface area contributed by atoms with Gasteiger partial charge in [0.25, 0.3) is 5.91 Å². The van der Waals surface area contributed by atoms with E-state index in [0.717, 1.165) is 12.1 Å². The molecule has 1 saturated carbocycles. The summed E-state index contributed by atoms with van der Waals surface area (Å²) in [5, 5.41) is 8.04. The topological polar surface area (TPSA) is 96.0 Å². The molecule has 0 saturated heterocycles. The number of aromatic nitrogens is 2. The van der Waals surface area contributed by atoms with Crippen molar-refractivity contribution in [3.63, 3.8) is 0 Å². The summed E-state index contributed by atoms with van der Waals surface area (Å²) in [5.41, 5.74) is -1.35. The van der Waals surface area contributed by atoms with Crippen molar-refractivity contribution in [1.29, 1.82) is 0 Å². The third kappa shape index (κ3) is 5.30. The minimum Gasteiger partial charge on any atom is -0.354 e. The number of rotatable bonds is 7. The summed E-state index contributed by atoms with van der Waals surface area (Å²) in [6.45, 7) is 0.0635. The lowest BCUT2D eigenvalue weighted by Crippen LogP contribution is -2.48. The molecule has 0 unspecified atom stereocenters. The van der Waals surface area contributed by atoms with Crippen molar-refractivity contribution in [2.45, 2.75) is 31.1 Å². The third-order valence-corrected chi connectivity index (χ3v) is 5.28. The van der Waals surface area contributed by atoms with Crippen LogP contribution in [-0.2, 0) is 17.5 Å². The van der Waals surface area contributed by atoms with Gasteiger partial charge in [-0.2, -0.15) is 13.2 Å². The van der Waals surface area contributed by atoms with E-state index in [1.54, 1.807) is 18.3 Å². The Kier molecular flexibility index (Phi) is 6.18. The lowest BCUT2D eigenvalue weighted by Gasteiger charge is -2.17. The Balaban J connectivity index is 1.35. The molecule has 3 N–H and O–H groups in total. The van der Waals surface area contributed by atoms with E-state index in [1.807, 2.05) is 0 Å². The van der Waals surface area contributed by atoms with E-state index in [0.29, 0.717) is 30.2 Å². The summed E-state index contributed by atoms with van der Waals surface area (Å²) in [5.74, 6) is -1.74. The molecule has 4 rings (SSSR count). The summed E-state index contributed by atoms with van der Waals surface area (Å²) < 4.78 is 52.7. The number of hydrogen-bond donors (Lipinski definition) is 3. The lowest BCUT2D eigenvalue weighted by atomic mass is 10.1. The SMILES string of the molecule is O=C(NC1(C(=O)NCc2ccc(Nc3ccc(F)cc3C(F)(F)F)cn2)CC1)c1cccnc1. The van der Waals surface area contributed by atoms with Gasteiger partial charge in [0, 0.05) is 12.4 Å². The van der Waals surface area contributed by atoms with Crippen LogP contribution in [-0.4, -0.2) is 27.3 Å². The first-order valence-corrected chi connectivity index (χ1v) is 10.3. The number of pyridine rings is 2. The van der Waals surface area contributed by atoms with Crippen LogP contribution < -0.4 is 16.0 Å². The molecular formula is C23H19F4N5O2. The van der Waals surface area contributed by atoms with Crippen LogP contribution in [0.4, 0.5) is 28.9 Å². The first-order valence-electron chi connectivity index (χ1n) is 10.3. The Morgan fingerprint density at radius 2 is 1.85 bits per heavy atom. The monoisotopic (exact) mass is 473 g/mol. The fourth-order valence-corrected chi connectivity index (χ4v) is 3.28. The molecule has 1 fully saturated rings. The third-order valence-electron chi connectivity index (χ3n) is 5.28. The average molecular weight is 473 g/mol. The maximum atomic E-state index is 13.3. The normalized spacial score (nSPS) is 14.2. The quantitative estimate of drug-likeness (QED) is 0.452. The van der Waals surface area contributed by atoms with E-state index in [2.05, 4.69) is 25.9 Å². The second-order valence-electron chi connectivity index (χ2n) is 7.81. The number of nitrogens with zero attached hydrogens (tertiary/aromatic N) is 2. The maximum absolute atomic E-state index is 13.3. The number of carbonyl (C=O) groups excluding carboxylic acids is 2. The van der Waals surface area contributed by atoms with Gasteiger partial charge in [-0.15, -0.1) is 0 Å². The van der Waals surface area contributed by atoms with Crippen molar-refractivity contribution in [1.82, 2.24) is 20.6 Å². The summed E-state index contributed by atoms with van der Waals surface area (Å²) in [6, 6.07) is 8.60. The van der Waals surface area contributed by atoms with Crippen LogP contribution in [0.3, 0.4) is 0 Å². The molecule has 2 aromatic heterocycles. The Labute approximate surface area is 191 Å². The summed E-state index contributed by atoms with van der Waals surface area (Å²) in [4.78, 5) is 33.0. The second kappa shape index (κ2) is 9.08. The molecule has 0 radical (unpaired) electrons. The van der Waals surface area contributed by atoms with Crippen molar-refractivity contribution in [2.75, 3.05) is 5.32 Å². The van der Waals surface area contributed by atoms with Gasteiger partial charge in [0.15, 0.2) is 0 Å². The minimum absolute atomic E-state index is 0.0635. The van der Waals surface area contributed by atoms with E-state index in [1.165, 1.54) is 24.5 Å². The van der Waals surface area contributed by atoms with Crippen LogP contribution in [0, 0.1) is 5.82 Å². The van der Waals surface area contributed by atoms with Crippen LogP contribution in [0.15, 0.2) is 61.1 Å². The molecule has 11 heteroatoms. The van der Waals surface area contributed by atoms with Crippen LogP contribution in [0.1, 0.15) is 34.5 Å². The summed E-state index contributed by atoms with van der Waals surface area (Å²) >= 11 is 0. The minimum atomic E-state index is -4.73. The molecular weight excluding hydrogens is 454 g/mol. The van der Waals surface area contributed by atoms with Gasteiger partial charge in [-0.25, -0.2) is 4.39 Å². The highest BCUT2D eigenvalue weighted by atomic mass is 19.4. The van der Waals surface area contributed by atoms with Crippen molar-refractivity contribution in [3.8, 4) is 0 Å². The molecule has 3 aromatic rings. The van der Waals surface area contributed by atoms with Gasteiger partial charge in [0.2, 0.25) is 5.91 Å². The van der Waals surface area contributed by atoms with E-state index in [4.69, 9.17) is 0 Å². The molecule has 1 aliphatic rings. The average Bonchev–Trinajstić information content (AvgIpc) is 3.60. The molecule has 34 heavy (non-hydrogen) atoms. The standard InChI is InChI=1S/C23H19F4N5O2/c24-15-3-6-19(18(10-15)23(25,26)27)31-17-5-4-16(29-13-17)12-30-21(34)22(7-8-22)32-20(33)14-2-1-9-28-11-14/h1-6,9-11,13,31H,7-8,12H2,(H,30,34)(H,32,33). The van der Waals surface area contributed by atoms with Gasteiger partial charge in [-0.05, 0) is 55.3 Å². The molecule has 0 aliphatic heterocycles. The zero-order valence-electron chi connectivity index (χ0n) is 17.6. The van der Waals surface area contributed by atoms with Crippen LogP contribution in [0.25, 0.3) is 0 Å². The molecule has 2 amide bonds. The number of nitrogens with one attached hydrogen (secondary N) is 3. The lowest BCUT2D eigenvalue weighted by molar-refractivity contribution is -0.137. The van der Waals surface area contributed by atoms with Gasteiger partial charge < -0.3 is 16.0 Å². The Bertz CT molecular complexity index is 1200. The Morgan fingerprint density at radius 3 is 2.47 bits per heavy atom. The largest absolute Gasteiger partial charge is 0.418 e. The molecule has 2 heterocycles. The highest BCUT2D eigenvalue weighted by Crippen LogP contribution is 2.37. The second-order valence-corrected chi connectivity index (χ2v) is 7.81. The fraction of sp³-hybridized carbons (Fsp3) is 0.217. The van der Waals surface area contributed by atoms with Crippen molar-refractivity contribution >= 4 is 23.2 Å². The van der Waals surface area contributed by atoms with Gasteiger partial charge in [-0.1, -0.05) is 0 Å². The number of hydrogen-bond acceptors (Lipinski definition) is 5. The first kappa shape index (κ1) is 23.1. The molecule has 1 aromatic carbocycles. The predicted molar refractivity (Wildman–Crippen MR) is 114 cm³/mol. The zero-order chi connectivity index (χ0) is 24.3. The molecule has 7 nitrogen and oxygen atoms in total. The van der Waals surface area contributed by atoms with Crippen molar-refractivity contribution in [2.24, 2.45) is 0 Å². The van der Waals surface area contributed by atoms with Crippen LogP contribution in [0.2, 0.25) is 0 Å². The Hall–Kier alpha value is -4.02. The van der Waals surface area contributed by atoms with Gasteiger partial charge in [0.1, 0.15) is 11.4 Å². The number of alkyl halides is 3. The van der Waals surface area contributed by atoms with Crippen molar-refractivity contribution in [3.05, 3.63) is 83.7 Å². The summed E-state index contributed by atoms with van der Waals surface area (Å²) in [7, 11) is 0. The maximum Gasteiger partial charge on any atom is 0.418 e. The van der Waals surface area contributed by atoms with Crippen LogP contribution in [0.5, 0.6) is 0 Å². The first-order chi connectivity index (χ1) is 16.2. The number of amides is 2. The molecule has 0 spiro atoms. The van der Waals surface area contributed by atoms with E-state index in [9.17, 15) is 27.2 Å². The Morgan fingerprint density at radius 1 is 1.06 bits per heavy atom. The molecule has 0 atom stereocenters. The fourth-order valence-electron chi connectivity index (χ4n) is 3.28. The van der Waals surface area contributed by atoms with Gasteiger partial charge >= 0.3 is 6.18 Å². The zero-order valence-corrected chi connectivity index (χ0v) is 17.6. The smallest absolute Gasteiger partial charge is 0.354 e. The predicted octanol–water partition coefficient (Wildman–Crippen LogP) is 3.96. The van der Waals surface area contributed by atoms with Gasteiger partial charge in [-0.3, -0.25) is 19.6 Å². The summed E-state index contributed by atoms with van der Waals surface area (Å²) in [6.07, 6.45) is 0.529. The van der Waals surface area contributed by atoms with E-state index >= 15 is 0 Å². The molecule has 0 bridgehead atoms. The van der Waals surface area contributed by atoms with E-state index < -0.39 is 29.0 Å². The molecule has 1 aliphatic carbocycles. The number of carbonyl (C=O) groups is 2. The number of halogens is 4. The van der Waals surface area contributed by atoms with Crippen LogP contribution >= 0.6 is 0 Å². The highest BCUT2D eigenvalue weighted by molar-refractivity contribution is 6.00. The number of benzene rings is 1. The van der Waals surface area contributed by atoms with Crippen molar-refractivity contribution < 1.29 is 27.2 Å². The highest BCUT2D eigenvalue weighted by Gasteiger charge is 2.51. The van der Waals surface area contributed by atoms with Gasteiger partial charge in [0.05, 0.1) is 40.9 Å². The number of anilines is 2. The molecule has 176 valence electrons.